The van der Waals surface area contributed by atoms with E-state index in [2.05, 4.69) is 17.5 Å². The molecule has 4 unspecified atom stereocenters. The highest BCUT2D eigenvalue weighted by molar-refractivity contribution is 7.74. The van der Waals surface area contributed by atoms with Gasteiger partial charge in [-0.3, -0.25) is 23.7 Å². The minimum absolute atomic E-state index is 0.257. The number of hydrogen-bond acceptors (Lipinski definition) is 13. The maximum absolute atomic E-state index is 12.3. The number of aliphatic hydroxyl groups is 2. The van der Waals surface area contributed by atoms with E-state index >= 15 is 0 Å². The lowest BCUT2D eigenvalue weighted by Crippen LogP contribution is -2.39. The molecule has 1 aromatic rings. The normalized spacial score (nSPS) is 39.8. The van der Waals surface area contributed by atoms with Gasteiger partial charge >= 0.3 is 29.2 Å². The largest absolute Gasteiger partial charge is 0.492 e. The lowest BCUT2D eigenvalue weighted by atomic mass is 10.1. The number of nitrogens with zero attached hydrogens (tertiary/aromatic N) is 1. The summed E-state index contributed by atoms with van der Waals surface area (Å²) in [4.78, 5) is 55.2. The number of primary amides is 1. The zero-order chi connectivity index (χ0) is 24.1. The van der Waals surface area contributed by atoms with Crippen LogP contribution in [-0.4, -0.2) is 60.4 Å². The topological polar surface area (TPSA) is 276 Å². The van der Waals surface area contributed by atoms with Crippen molar-refractivity contribution in [3.63, 3.8) is 0 Å². The monoisotopic (exact) mass is 523 g/mol. The predicted molar refractivity (Wildman–Crippen MR) is 96.6 cm³/mol. The fourth-order valence-electron chi connectivity index (χ4n) is 2.77. The first-order valence-corrected chi connectivity index (χ1v) is 12.7. The maximum Gasteiger partial charge on any atom is 0.492 e. The molecule has 2 fully saturated rings. The number of ether oxygens (including phenoxy) is 1. The van der Waals surface area contributed by atoms with Gasteiger partial charge in [0.2, 0.25) is 5.91 Å². The molecule has 1 amide bonds. The number of phosphoric acid groups is 3. The molecule has 21 heteroatoms. The van der Waals surface area contributed by atoms with Gasteiger partial charge in [0, 0.05) is 11.8 Å². The van der Waals surface area contributed by atoms with Gasteiger partial charge in [0.25, 0.3) is 5.56 Å². The van der Waals surface area contributed by atoms with Crippen molar-refractivity contribution in [2.45, 2.75) is 31.0 Å². The van der Waals surface area contributed by atoms with E-state index in [0.29, 0.717) is 4.57 Å². The van der Waals surface area contributed by atoms with Crippen molar-refractivity contribution in [2.24, 2.45) is 5.73 Å². The molecule has 180 valence electrons. The van der Waals surface area contributed by atoms with Crippen LogP contribution in [0.4, 0.5) is 0 Å². The quantitative estimate of drug-likeness (QED) is 0.212. The number of hydrogen-bond donors (Lipinski definition) is 6. The van der Waals surface area contributed by atoms with Crippen LogP contribution in [0.3, 0.4) is 0 Å². The molecule has 1 aromatic heterocycles. The van der Waals surface area contributed by atoms with Crippen LogP contribution in [0.15, 0.2) is 15.8 Å². The first kappa shape index (κ1) is 25.1. The zero-order valence-electron chi connectivity index (χ0n) is 15.4. The van der Waals surface area contributed by atoms with Gasteiger partial charge in [-0.1, -0.05) is 0 Å². The lowest BCUT2D eigenvalue weighted by molar-refractivity contribution is -0.117. The molecule has 0 aliphatic carbocycles. The fourth-order valence-corrected chi connectivity index (χ4v) is 7.70. The SMILES string of the molecule is NC(=O)Cc1cn([C@@H]2O[C@H](COP3(=O)OP(=O)(O)OP(=O)(O)O3)C(O)C2O)c(=O)[nH]c1=O. The molecule has 2 aliphatic heterocycles. The van der Waals surface area contributed by atoms with E-state index < -0.39 is 78.2 Å². The van der Waals surface area contributed by atoms with Gasteiger partial charge in [0.05, 0.1) is 13.0 Å². The highest BCUT2D eigenvalue weighted by Crippen LogP contribution is 2.80. The van der Waals surface area contributed by atoms with Gasteiger partial charge in [-0.05, 0) is 0 Å². The Hall–Kier alpha value is -1.52. The summed E-state index contributed by atoms with van der Waals surface area (Å²) in [6, 6.07) is 0. The molecular formula is C11H16N3O15P3. The second-order valence-corrected chi connectivity index (χ2v) is 11.4. The Bertz CT molecular complexity index is 1150. The highest BCUT2D eigenvalue weighted by Gasteiger charge is 2.55. The maximum atomic E-state index is 12.3. The number of carbonyl (C=O) groups is 1. The number of nitrogens with two attached hydrogens (primary N) is 1. The summed E-state index contributed by atoms with van der Waals surface area (Å²) in [6.45, 7) is -1.00. The predicted octanol–water partition coefficient (Wildman–Crippen LogP) is -2.43. The van der Waals surface area contributed by atoms with E-state index in [1.165, 1.54) is 0 Å². The van der Waals surface area contributed by atoms with Crippen LogP contribution < -0.4 is 17.0 Å². The first-order chi connectivity index (χ1) is 14.6. The van der Waals surface area contributed by atoms with Crippen LogP contribution in [-0.2, 0) is 47.1 Å². The molecule has 32 heavy (non-hydrogen) atoms. The van der Waals surface area contributed by atoms with Crippen LogP contribution in [0, 0.1) is 0 Å². The Balaban J connectivity index is 1.79. The molecule has 0 radical (unpaired) electrons. The minimum Gasteiger partial charge on any atom is -0.387 e. The fraction of sp³-hybridized carbons (Fsp3) is 0.545. The van der Waals surface area contributed by atoms with Crippen molar-refractivity contribution in [3.8, 4) is 0 Å². The summed E-state index contributed by atoms with van der Waals surface area (Å²) in [5, 5.41) is 20.4. The molecule has 2 saturated heterocycles. The number of H-pyrrole nitrogens is 1. The van der Waals surface area contributed by atoms with Gasteiger partial charge in [0.15, 0.2) is 6.23 Å². The lowest BCUT2D eigenvalue weighted by Gasteiger charge is -2.27. The number of aromatic amines is 1. The third-order valence-electron chi connectivity index (χ3n) is 4.03. The number of amides is 1. The van der Waals surface area contributed by atoms with E-state index in [9.17, 15) is 48.1 Å². The van der Waals surface area contributed by atoms with E-state index in [4.69, 9.17) is 10.5 Å². The Morgan fingerprint density at radius 3 is 2.28 bits per heavy atom. The number of carbonyl (C=O) groups excluding carboxylic acids is 1. The average Bonchev–Trinajstić information content (AvgIpc) is 2.87. The van der Waals surface area contributed by atoms with Gasteiger partial charge in [-0.15, -0.1) is 0 Å². The third-order valence-corrected chi connectivity index (χ3v) is 9.39. The Labute approximate surface area is 176 Å². The van der Waals surface area contributed by atoms with Crippen LogP contribution in [0.2, 0.25) is 0 Å². The third kappa shape index (κ3) is 5.51. The number of nitrogens with one attached hydrogen (secondary N) is 1. The molecule has 0 saturated carbocycles. The zero-order valence-corrected chi connectivity index (χ0v) is 18.1. The van der Waals surface area contributed by atoms with Gasteiger partial charge in [-0.2, -0.15) is 12.9 Å². The molecule has 3 rings (SSSR count). The van der Waals surface area contributed by atoms with E-state index in [0.717, 1.165) is 6.20 Å². The highest BCUT2D eigenvalue weighted by atomic mass is 31.3. The summed E-state index contributed by atoms with van der Waals surface area (Å²) in [5.41, 5.74) is 2.75. The first-order valence-electron chi connectivity index (χ1n) is 8.30. The van der Waals surface area contributed by atoms with Crippen molar-refractivity contribution >= 4 is 29.4 Å². The summed E-state index contributed by atoms with van der Waals surface area (Å²) >= 11 is 0. The average molecular weight is 523 g/mol. The molecule has 0 aromatic carbocycles. The van der Waals surface area contributed by atoms with Gasteiger partial charge in [-0.25, -0.2) is 18.5 Å². The molecule has 0 spiro atoms. The molecule has 6 atom stereocenters. The Morgan fingerprint density at radius 2 is 1.72 bits per heavy atom. The molecular weight excluding hydrogens is 507 g/mol. The van der Waals surface area contributed by atoms with Crippen molar-refractivity contribution in [2.75, 3.05) is 6.61 Å². The summed E-state index contributed by atoms with van der Waals surface area (Å²) < 4.78 is 57.4. The van der Waals surface area contributed by atoms with Gasteiger partial charge in [0.1, 0.15) is 18.3 Å². The van der Waals surface area contributed by atoms with Crippen molar-refractivity contribution < 1.29 is 60.7 Å². The molecule has 2 aliphatic rings. The summed E-state index contributed by atoms with van der Waals surface area (Å²) in [6.07, 6.45) is -6.60. The van der Waals surface area contributed by atoms with E-state index in [1.807, 2.05) is 4.98 Å². The second kappa shape index (κ2) is 8.68. The Morgan fingerprint density at radius 1 is 1.12 bits per heavy atom. The molecule has 3 heterocycles. The summed E-state index contributed by atoms with van der Waals surface area (Å²) in [5.74, 6) is -0.900. The van der Waals surface area contributed by atoms with Crippen LogP contribution in [0.25, 0.3) is 0 Å². The Kier molecular flexibility index (Phi) is 6.81. The van der Waals surface area contributed by atoms with E-state index in [1.54, 1.807) is 0 Å². The molecule has 18 nitrogen and oxygen atoms in total. The van der Waals surface area contributed by atoms with Crippen molar-refractivity contribution in [1.82, 2.24) is 9.55 Å². The standard InChI is InChI=1S/C11H16N3O15P3/c12-6(15)1-4-2-14(11(19)13-9(4)18)10-8(17)7(16)5(26-10)3-25-32(24)28-30(20,21)27-31(22,23)29-32/h2,5,7-8,10,16-17H,1,3H2,(H2,12,15)(H,20,21)(H,22,23)(H,13,18,19)/t5-,7?,8?,10-/m1/s1. The second-order valence-electron chi connectivity index (χ2n) is 6.44. The number of rotatable bonds is 6. The molecule has 0 bridgehead atoms. The summed E-state index contributed by atoms with van der Waals surface area (Å²) in [7, 11) is -15.8. The van der Waals surface area contributed by atoms with Crippen LogP contribution >= 0.6 is 23.5 Å². The van der Waals surface area contributed by atoms with Crippen LogP contribution in [0.5, 0.6) is 0 Å². The minimum atomic E-state index is -5.30. The van der Waals surface area contributed by atoms with Crippen LogP contribution in [0.1, 0.15) is 11.8 Å². The number of aromatic nitrogens is 2. The molecule has 7 N–H and O–H groups in total. The van der Waals surface area contributed by atoms with E-state index in [-0.39, 0.29) is 5.56 Å². The number of aliphatic hydroxyl groups excluding tert-OH is 2. The van der Waals surface area contributed by atoms with Gasteiger partial charge < -0.3 is 30.5 Å². The van der Waals surface area contributed by atoms with Crippen molar-refractivity contribution in [1.29, 1.82) is 0 Å². The van der Waals surface area contributed by atoms with Crippen molar-refractivity contribution in [3.05, 3.63) is 32.6 Å². The smallest absolute Gasteiger partial charge is 0.387 e.